The summed E-state index contributed by atoms with van der Waals surface area (Å²) in [6.07, 6.45) is 2.89. The number of hydrogen-bond donors (Lipinski definition) is 1. The summed E-state index contributed by atoms with van der Waals surface area (Å²) in [6, 6.07) is 13.4. The van der Waals surface area contributed by atoms with Crippen LogP contribution in [0.25, 0.3) is 11.0 Å². The van der Waals surface area contributed by atoms with Gasteiger partial charge in [-0.05, 0) is 43.7 Å². The fourth-order valence-corrected chi connectivity index (χ4v) is 2.54. The maximum Gasteiger partial charge on any atom is 0.262 e. The number of benzene rings is 2. The highest BCUT2D eigenvalue weighted by Gasteiger charge is 2.07. The monoisotopic (exact) mass is 323 g/mol. The lowest BCUT2D eigenvalue weighted by atomic mass is 10.2. The van der Waals surface area contributed by atoms with Gasteiger partial charge in [-0.25, -0.2) is 4.98 Å². The summed E-state index contributed by atoms with van der Waals surface area (Å²) in [4.78, 5) is 16.4. The van der Waals surface area contributed by atoms with Crippen LogP contribution in [-0.2, 0) is 11.3 Å². The van der Waals surface area contributed by atoms with E-state index in [2.05, 4.69) is 21.8 Å². The number of hydrogen-bond acceptors (Lipinski definition) is 3. The third-order valence-corrected chi connectivity index (χ3v) is 3.76. The molecule has 0 unspecified atom stereocenters. The average Bonchev–Trinajstić information content (AvgIpc) is 2.97. The molecule has 124 valence electrons. The van der Waals surface area contributed by atoms with E-state index in [9.17, 15) is 4.79 Å². The molecular formula is C19H21N3O2. The number of carbonyl (C=O) groups is 1. The Morgan fingerprint density at radius 1 is 1.21 bits per heavy atom. The molecule has 1 amide bonds. The molecule has 0 fully saturated rings. The number of fused-ring (bicyclic) bond motifs is 1. The SMILES string of the molecule is CCCn1cnc2cc(NC(=O)COc3ccc(C)cc3)ccc21. The van der Waals surface area contributed by atoms with Crippen molar-refractivity contribution in [2.24, 2.45) is 0 Å². The molecule has 1 aromatic heterocycles. The minimum absolute atomic E-state index is 0.0224. The Bertz CT molecular complexity index is 837. The van der Waals surface area contributed by atoms with Crippen LogP contribution in [0.2, 0.25) is 0 Å². The fourth-order valence-electron chi connectivity index (χ4n) is 2.54. The lowest BCUT2D eigenvalue weighted by Crippen LogP contribution is -2.20. The Morgan fingerprint density at radius 2 is 2.00 bits per heavy atom. The molecule has 0 aliphatic carbocycles. The topological polar surface area (TPSA) is 56.2 Å². The quantitative estimate of drug-likeness (QED) is 0.751. The van der Waals surface area contributed by atoms with E-state index in [1.54, 1.807) is 0 Å². The van der Waals surface area contributed by atoms with E-state index in [1.165, 1.54) is 0 Å². The van der Waals surface area contributed by atoms with Crippen molar-refractivity contribution >= 4 is 22.6 Å². The molecule has 0 aliphatic heterocycles. The Morgan fingerprint density at radius 3 is 2.75 bits per heavy atom. The van der Waals surface area contributed by atoms with Gasteiger partial charge in [-0.3, -0.25) is 4.79 Å². The zero-order valence-electron chi connectivity index (χ0n) is 14.0. The van der Waals surface area contributed by atoms with Gasteiger partial charge in [0.1, 0.15) is 5.75 Å². The minimum atomic E-state index is -0.192. The first-order valence-electron chi connectivity index (χ1n) is 8.10. The second-order valence-electron chi connectivity index (χ2n) is 5.79. The molecule has 3 rings (SSSR count). The lowest BCUT2D eigenvalue weighted by molar-refractivity contribution is -0.118. The number of ether oxygens (including phenoxy) is 1. The smallest absolute Gasteiger partial charge is 0.262 e. The highest BCUT2D eigenvalue weighted by atomic mass is 16.5. The van der Waals surface area contributed by atoms with E-state index >= 15 is 0 Å². The molecule has 0 atom stereocenters. The highest BCUT2D eigenvalue weighted by Crippen LogP contribution is 2.18. The average molecular weight is 323 g/mol. The van der Waals surface area contributed by atoms with Crippen LogP contribution < -0.4 is 10.1 Å². The molecule has 0 aliphatic rings. The first kappa shape index (κ1) is 16.1. The number of nitrogens with one attached hydrogen (secondary N) is 1. The second-order valence-corrected chi connectivity index (χ2v) is 5.79. The Balaban J connectivity index is 1.61. The van der Waals surface area contributed by atoms with Gasteiger partial charge in [0.15, 0.2) is 6.61 Å². The summed E-state index contributed by atoms with van der Waals surface area (Å²) >= 11 is 0. The van der Waals surface area contributed by atoms with Crippen molar-refractivity contribution in [1.82, 2.24) is 9.55 Å². The molecule has 0 saturated carbocycles. The van der Waals surface area contributed by atoms with Crippen molar-refractivity contribution < 1.29 is 9.53 Å². The predicted octanol–water partition coefficient (Wildman–Crippen LogP) is 3.77. The van der Waals surface area contributed by atoms with E-state index in [4.69, 9.17) is 4.74 Å². The normalized spacial score (nSPS) is 10.8. The summed E-state index contributed by atoms with van der Waals surface area (Å²) in [5.41, 5.74) is 3.83. The predicted molar refractivity (Wildman–Crippen MR) is 95.3 cm³/mol. The number of carbonyl (C=O) groups excluding carboxylic acids is 1. The van der Waals surface area contributed by atoms with Crippen LogP contribution in [0.15, 0.2) is 48.8 Å². The number of nitrogens with zero attached hydrogens (tertiary/aromatic N) is 2. The number of aryl methyl sites for hydroxylation is 2. The van der Waals surface area contributed by atoms with Gasteiger partial charge in [0, 0.05) is 12.2 Å². The molecule has 0 saturated heterocycles. The molecule has 0 bridgehead atoms. The number of aromatic nitrogens is 2. The zero-order valence-corrected chi connectivity index (χ0v) is 14.0. The van der Waals surface area contributed by atoms with Crippen LogP contribution in [0.4, 0.5) is 5.69 Å². The molecule has 0 radical (unpaired) electrons. The van der Waals surface area contributed by atoms with Gasteiger partial charge in [-0.2, -0.15) is 0 Å². The minimum Gasteiger partial charge on any atom is -0.484 e. The van der Waals surface area contributed by atoms with Crippen LogP contribution in [-0.4, -0.2) is 22.1 Å². The van der Waals surface area contributed by atoms with Gasteiger partial charge in [0.05, 0.1) is 17.4 Å². The van der Waals surface area contributed by atoms with E-state index < -0.39 is 0 Å². The summed E-state index contributed by atoms with van der Waals surface area (Å²) in [5, 5.41) is 2.84. The highest BCUT2D eigenvalue weighted by molar-refractivity contribution is 5.94. The number of imidazole rings is 1. The van der Waals surface area contributed by atoms with Crippen molar-refractivity contribution in [1.29, 1.82) is 0 Å². The molecular weight excluding hydrogens is 302 g/mol. The number of rotatable bonds is 6. The van der Waals surface area contributed by atoms with E-state index in [0.717, 1.165) is 35.2 Å². The number of anilines is 1. The maximum atomic E-state index is 12.0. The largest absolute Gasteiger partial charge is 0.484 e. The summed E-state index contributed by atoms with van der Waals surface area (Å²) in [7, 11) is 0. The molecule has 0 spiro atoms. The van der Waals surface area contributed by atoms with Crippen molar-refractivity contribution in [3.05, 3.63) is 54.4 Å². The molecule has 1 N–H and O–H groups in total. The first-order chi connectivity index (χ1) is 11.7. The van der Waals surface area contributed by atoms with Crippen LogP contribution in [0.5, 0.6) is 5.75 Å². The third kappa shape index (κ3) is 3.74. The summed E-state index contributed by atoms with van der Waals surface area (Å²) in [5.74, 6) is 0.493. The molecule has 1 heterocycles. The van der Waals surface area contributed by atoms with Crippen LogP contribution in [0.3, 0.4) is 0 Å². The van der Waals surface area contributed by atoms with E-state index in [1.807, 2.05) is 55.7 Å². The molecule has 2 aromatic carbocycles. The molecule has 5 heteroatoms. The van der Waals surface area contributed by atoms with Gasteiger partial charge < -0.3 is 14.6 Å². The van der Waals surface area contributed by atoms with Gasteiger partial charge in [-0.15, -0.1) is 0 Å². The lowest BCUT2D eigenvalue weighted by Gasteiger charge is -2.08. The van der Waals surface area contributed by atoms with Gasteiger partial charge in [0.2, 0.25) is 0 Å². The van der Waals surface area contributed by atoms with Gasteiger partial charge in [-0.1, -0.05) is 24.6 Å². The fraction of sp³-hybridized carbons (Fsp3) is 0.263. The first-order valence-corrected chi connectivity index (χ1v) is 8.10. The van der Waals surface area contributed by atoms with Crippen LogP contribution in [0.1, 0.15) is 18.9 Å². The number of amides is 1. The zero-order chi connectivity index (χ0) is 16.9. The van der Waals surface area contributed by atoms with Crippen molar-refractivity contribution in [2.75, 3.05) is 11.9 Å². The van der Waals surface area contributed by atoms with Crippen LogP contribution >= 0.6 is 0 Å². The molecule has 5 nitrogen and oxygen atoms in total. The molecule has 3 aromatic rings. The Hall–Kier alpha value is -2.82. The van der Waals surface area contributed by atoms with E-state index in [-0.39, 0.29) is 12.5 Å². The van der Waals surface area contributed by atoms with Gasteiger partial charge >= 0.3 is 0 Å². The van der Waals surface area contributed by atoms with Gasteiger partial charge in [0.25, 0.3) is 5.91 Å². The third-order valence-electron chi connectivity index (χ3n) is 3.76. The van der Waals surface area contributed by atoms with Crippen molar-refractivity contribution in [3.8, 4) is 5.75 Å². The molecule has 24 heavy (non-hydrogen) atoms. The Labute approximate surface area is 141 Å². The standard InChI is InChI=1S/C19H21N3O2/c1-3-10-22-13-20-17-11-15(6-9-18(17)22)21-19(23)12-24-16-7-4-14(2)5-8-16/h4-9,11,13H,3,10,12H2,1-2H3,(H,21,23). The van der Waals surface area contributed by atoms with Crippen molar-refractivity contribution in [2.45, 2.75) is 26.8 Å². The summed E-state index contributed by atoms with van der Waals surface area (Å²) in [6.45, 7) is 5.06. The van der Waals surface area contributed by atoms with Crippen molar-refractivity contribution in [3.63, 3.8) is 0 Å². The Kier molecular flexibility index (Phi) is 4.79. The van der Waals surface area contributed by atoms with E-state index in [0.29, 0.717) is 5.75 Å². The summed E-state index contributed by atoms with van der Waals surface area (Å²) < 4.78 is 7.60. The van der Waals surface area contributed by atoms with Crippen LogP contribution in [0, 0.1) is 6.92 Å². The second kappa shape index (κ2) is 7.17. The maximum absolute atomic E-state index is 12.0.